The maximum absolute atomic E-state index is 5.89. The van der Waals surface area contributed by atoms with Crippen molar-refractivity contribution < 1.29 is 4.74 Å². The van der Waals surface area contributed by atoms with Crippen molar-refractivity contribution in [2.75, 3.05) is 20.6 Å². The number of allylic oxidation sites excluding steroid dienone is 6. The number of hydrogen-bond donors (Lipinski definition) is 0. The van der Waals surface area contributed by atoms with E-state index in [9.17, 15) is 0 Å². The number of fused-ring (bicyclic) bond motifs is 2. The molecule has 116 valence electrons. The van der Waals surface area contributed by atoms with Gasteiger partial charge in [0.15, 0.2) is 0 Å². The van der Waals surface area contributed by atoms with Crippen LogP contribution in [0, 0.1) is 0 Å². The molecule has 3 rings (SSSR count). The molecular formula is C19H22ClNO. The molecule has 0 spiro atoms. The van der Waals surface area contributed by atoms with Crippen LogP contribution in [0.15, 0.2) is 66.0 Å². The number of benzene rings is 1. The summed E-state index contributed by atoms with van der Waals surface area (Å²) < 4.78 is 5.89. The molecule has 0 N–H and O–H groups in total. The summed E-state index contributed by atoms with van der Waals surface area (Å²) in [6.45, 7) is 1.05. The van der Waals surface area contributed by atoms with Gasteiger partial charge in [-0.15, -0.1) is 12.4 Å². The number of rotatable bonds is 3. The third-order valence-corrected chi connectivity index (χ3v) is 3.80. The second-order valence-corrected chi connectivity index (χ2v) is 5.68. The number of hydrogen-bond acceptors (Lipinski definition) is 2. The highest BCUT2D eigenvalue weighted by Gasteiger charge is 2.20. The first-order valence-electron chi connectivity index (χ1n) is 7.43. The minimum Gasteiger partial charge on any atom is -0.464 e. The van der Waals surface area contributed by atoms with Crippen molar-refractivity contribution in [2.45, 2.75) is 12.8 Å². The van der Waals surface area contributed by atoms with E-state index < -0.39 is 0 Å². The molecule has 0 saturated heterocycles. The lowest BCUT2D eigenvalue weighted by molar-refractivity contribution is 0.417. The fourth-order valence-corrected chi connectivity index (χ4v) is 2.71. The van der Waals surface area contributed by atoms with Crippen LogP contribution in [0.25, 0.3) is 5.57 Å². The van der Waals surface area contributed by atoms with Crippen LogP contribution in [-0.4, -0.2) is 25.5 Å². The Morgan fingerprint density at radius 3 is 2.86 bits per heavy atom. The van der Waals surface area contributed by atoms with Crippen LogP contribution >= 0.6 is 12.4 Å². The van der Waals surface area contributed by atoms with E-state index in [4.69, 9.17) is 4.74 Å². The van der Waals surface area contributed by atoms with Crippen molar-refractivity contribution in [3.8, 4) is 5.75 Å². The summed E-state index contributed by atoms with van der Waals surface area (Å²) in [4.78, 5) is 2.21. The number of nitrogens with zero attached hydrogens (tertiary/aromatic N) is 1. The van der Waals surface area contributed by atoms with Gasteiger partial charge in [0.05, 0.1) is 6.26 Å². The Labute approximate surface area is 138 Å². The molecule has 1 aliphatic heterocycles. The summed E-state index contributed by atoms with van der Waals surface area (Å²) in [6.07, 6.45) is 12.7. The van der Waals surface area contributed by atoms with Crippen molar-refractivity contribution in [3.05, 3.63) is 71.5 Å². The smallest absolute Gasteiger partial charge is 0.134 e. The van der Waals surface area contributed by atoms with Crippen molar-refractivity contribution >= 4 is 18.0 Å². The Bertz CT molecular complexity index is 653. The first kappa shape index (κ1) is 16.6. The first-order chi connectivity index (χ1) is 10.3. The molecule has 0 saturated carbocycles. The fourth-order valence-electron chi connectivity index (χ4n) is 2.71. The van der Waals surface area contributed by atoms with Gasteiger partial charge in [-0.05, 0) is 49.7 Å². The zero-order valence-electron chi connectivity index (χ0n) is 13.1. The molecule has 22 heavy (non-hydrogen) atoms. The maximum Gasteiger partial charge on any atom is 0.134 e. The number of para-hydroxylation sites is 1. The number of ether oxygens (including phenoxy) is 1. The van der Waals surface area contributed by atoms with Crippen LogP contribution in [-0.2, 0) is 0 Å². The van der Waals surface area contributed by atoms with Crippen LogP contribution in [0.1, 0.15) is 18.4 Å². The lowest BCUT2D eigenvalue weighted by Crippen LogP contribution is -2.12. The van der Waals surface area contributed by atoms with E-state index in [0.717, 1.165) is 25.1 Å². The summed E-state index contributed by atoms with van der Waals surface area (Å²) in [5.74, 6) is 0.941. The Hall–Kier alpha value is -1.77. The SMILES string of the molecule is CN(C)CC/C=C1\C2=CC=CCC2=COc2ccccc21.Cl. The molecule has 1 aromatic carbocycles. The van der Waals surface area contributed by atoms with Gasteiger partial charge in [-0.3, -0.25) is 0 Å². The molecule has 1 heterocycles. The zero-order valence-corrected chi connectivity index (χ0v) is 13.9. The van der Waals surface area contributed by atoms with E-state index in [-0.39, 0.29) is 12.4 Å². The molecule has 1 aromatic rings. The molecule has 0 bridgehead atoms. The standard InChI is InChI=1S/C19H21NO.ClH/c1-20(2)13-7-11-17-16-9-4-3-8-15(16)14-21-19-12-6-5-10-18(17)19;/h3-6,9-12,14H,7-8,13H2,1-2H3;1H/b17-11+;. The minimum atomic E-state index is 0. The van der Waals surface area contributed by atoms with Crippen LogP contribution in [0.2, 0.25) is 0 Å². The summed E-state index contributed by atoms with van der Waals surface area (Å²) in [6, 6.07) is 8.28. The molecule has 2 aliphatic rings. The average Bonchev–Trinajstić information content (AvgIpc) is 2.65. The summed E-state index contributed by atoms with van der Waals surface area (Å²) in [7, 11) is 4.22. The van der Waals surface area contributed by atoms with Crippen LogP contribution in [0.5, 0.6) is 5.75 Å². The molecule has 0 atom stereocenters. The summed E-state index contributed by atoms with van der Waals surface area (Å²) >= 11 is 0. The third kappa shape index (κ3) is 3.52. The molecule has 0 fully saturated rings. The van der Waals surface area contributed by atoms with Crippen molar-refractivity contribution in [3.63, 3.8) is 0 Å². The Kier molecular flexibility index (Phi) is 5.64. The number of halogens is 1. The Morgan fingerprint density at radius 1 is 1.23 bits per heavy atom. The van der Waals surface area contributed by atoms with Gasteiger partial charge in [0.25, 0.3) is 0 Å². The van der Waals surface area contributed by atoms with Gasteiger partial charge in [0.2, 0.25) is 0 Å². The highest BCUT2D eigenvalue weighted by atomic mass is 35.5. The highest BCUT2D eigenvalue weighted by molar-refractivity contribution is 5.87. The molecule has 0 amide bonds. The lowest BCUT2D eigenvalue weighted by Gasteiger charge is -2.16. The van der Waals surface area contributed by atoms with Gasteiger partial charge in [0.1, 0.15) is 5.75 Å². The fraction of sp³-hybridized carbons (Fsp3) is 0.263. The van der Waals surface area contributed by atoms with Gasteiger partial charge < -0.3 is 9.64 Å². The molecule has 1 aliphatic carbocycles. The van der Waals surface area contributed by atoms with E-state index in [0.29, 0.717) is 0 Å². The first-order valence-corrected chi connectivity index (χ1v) is 7.43. The van der Waals surface area contributed by atoms with Crippen molar-refractivity contribution in [2.24, 2.45) is 0 Å². The second-order valence-electron chi connectivity index (χ2n) is 5.68. The third-order valence-electron chi connectivity index (χ3n) is 3.80. The predicted octanol–water partition coefficient (Wildman–Crippen LogP) is 4.61. The summed E-state index contributed by atoms with van der Waals surface area (Å²) in [5.41, 5.74) is 5.02. The normalized spacial score (nSPS) is 17.7. The molecule has 3 heteroatoms. The van der Waals surface area contributed by atoms with Crippen LogP contribution in [0.4, 0.5) is 0 Å². The molecule has 2 nitrogen and oxygen atoms in total. The maximum atomic E-state index is 5.89. The van der Waals surface area contributed by atoms with E-state index in [1.54, 1.807) is 0 Å². The van der Waals surface area contributed by atoms with Crippen LogP contribution in [0.3, 0.4) is 0 Å². The van der Waals surface area contributed by atoms with Crippen molar-refractivity contribution in [1.29, 1.82) is 0 Å². The monoisotopic (exact) mass is 315 g/mol. The molecule has 0 aromatic heterocycles. The Morgan fingerprint density at radius 2 is 2.05 bits per heavy atom. The van der Waals surface area contributed by atoms with Crippen LogP contribution < -0.4 is 4.74 Å². The largest absolute Gasteiger partial charge is 0.464 e. The van der Waals surface area contributed by atoms with E-state index in [2.05, 4.69) is 55.4 Å². The van der Waals surface area contributed by atoms with Gasteiger partial charge >= 0.3 is 0 Å². The van der Waals surface area contributed by atoms with Gasteiger partial charge in [0, 0.05) is 12.1 Å². The second kappa shape index (κ2) is 7.48. The van der Waals surface area contributed by atoms with Crippen molar-refractivity contribution in [1.82, 2.24) is 4.90 Å². The van der Waals surface area contributed by atoms with Gasteiger partial charge in [-0.2, -0.15) is 0 Å². The van der Waals surface area contributed by atoms with E-state index >= 15 is 0 Å². The Balaban J connectivity index is 0.00000176. The quantitative estimate of drug-likeness (QED) is 0.808. The minimum absolute atomic E-state index is 0. The topological polar surface area (TPSA) is 12.5 Å². The van der Waals surface area contributed by atoms with E-state index in [1.807, 2.05) is 18.4 Å². The van der Waals surface area contributed by atoms with Gasteiger partial charge in [-0.1, -0.05) is 42.5 Å². The zero-order chi connectivity index (χ0) is 14.7. The lowest BCUT2D eigenvalue weighted by atomic mass is 9.88. The van der Waals surface area contributed by atoms with E-state index in [1.165, 1.54) is 22.3 Å². The molecular weight excluding hydrogens is 294 g/mol. The highest BCUT2D eigenvalue weighted by Crippen LogP contribution is 2.39. The summed E-state index contributed by atoms with van der Waals surface area (Å²) in [5, 5.41) is 0. The molecule has 0 unspecified atom stereocenters. The van der Waals surface area contributed by atoms with Gasteiger partial charge in [-0.25, -0.2) is 0 Å². The predicted molar refractivity (Wildman–Crippen MR) is 95.4 cm³/mol. The average molecular weight is 316 g/mol. The molecule has 0 radical (unpaired) electrons.